The number of nitrogens with zero attached hydrogens (tertiary/aromatic N) is 3. The fraction of sp³-hybridized carbons (Fsp3) is 0.263. The first-order valence-electron chi connectivity index (χ1n) is 8.40. The van der Waals surface area contributed by atoms with Gasteiger partial charge in [-0.3, -0.25) is 9.89 Å². The summed E-state index contributed by atoms with van der Waals surface area (Å²) in [6.07, 6.45) is 4.71. The van der Waals surface area contributed by atoms with Crippen LogP contribution in [0.1, 0.15) is 27.0 Å². The highest BCUT2D eigenvalue weighted by atomic mass is 16.5. The SMILES string of the molecule is COC(=O)c1ccc(CC(=O)N2CCc3c(cnc4[nH]ncc34)C2)cc1. The van der Waals surface area contributed by atoms with E-state index in [2.05, 4.69) is 19.9 Å². The number of aromatic amines is 1. The minimum absolute atomic E-state index is 0.0637. The number of benzene rings is 1. The van der Waals surface area contributed by atoms with Crippen LogP contribution in [0.4, 0.5) is 0 Å². The van der Waals surface area contributed by atoms with E-state index in [0.717, 1.165) is 28.6 Å². The van der Waals surface area contributed by atoms with Gasteiger partial charge in [-0.1, -0.05) is 12.1 Å². The number of carbonyl (C=O) groups is 2. The molecule has 1 aromatic carbocycles. The van der Waals surface area contributed by atoms with Gasteiger partial charge < -0.3 is 9.64 Å². The Balaban J connectivity index is 1.46. The average Bonchev–Trinajstić information content (AvgIpc) is 3.16. The molecule has 0 spiro atoms. The monoisotopic (exact) mass is 350 g/mol. The summed E-state index contributed by atoms with van der Waals surface area (Å²) in [5, 5.41) is 7.96. The maximum atomic E-state index is 12.7. The molecule has 1 aliphatic rings. The van der Waals surface area contributed by atoms with Crippen LogP contribution in [0.5, 0.6) is 0 Å². The van der Waals surface area contributed by atoms with Crippen LogP contribution in [-0.4, -0.2) is 45.6 Å². The van der Waals surface area contributed by atoms with Crippen molar-refractivity contribution >= 4 is 22.9 Å². The highest BCUT2D eigenvalue weighted by molar-refractivity contribution is 5.89. The first-order chi connectivity index (χ1) is 12.7. The van der Waals surface area contributed by atoms with Crippen molar-refractivity contribution in [3.8, 4) is 0 Å². The van der Waals surface area contributed by atoms with Gasteiger partial charge in [0, 0.05) is 24.7 Å². The predicted octanol–water partition coefficient (Wildman–Crippen LogP) is 1.87. The maximum Gasteiger partial charge on any atom is 0.337 e. The molecule has 0 fully saturated rings. The molecule has 1 amide bonds. The van der Waals surface area contributed by atoms with Crippen LogP contribution in [0, 0.1) is 0 Å². The molecule has 7 heteroatoms. The largest absolute Gasteiger partial charge is 0.465 e. The molecule has 0 saturated heterocycles. The molecule has 0 aliphatic carbocycles. The number of rotatable bonds is 3. The molecule has 4 rings (SSSR count). The number of methoxy groups -OCH3 is 1. The minimum atomic E-state index is -0.381. The van der Waals surface area contributed by atoms with Crippen molar-refractivity contribution in [1.29, 1.82) is 0 Å². The molecule has 1 aliphatic heterocycles. The van der Waals surface area contributed by atoms with Crippen molar-refractivity contribution in [2.75, 3.05) is 13.7 Å². The van der Waals surface area contributed by atoms with Crippen LogP contribution >= 0.6 is 0 Å². The summed E-state index contributed by atoms with van der Waals surface area (Å²) in [7, 11) is 1.35. The third-order valence-electron chi connectivity index (χ3n) is 4.76. The summed E-state index contributed by atoms with van der Waals surface area (Å²) in [5.74, 6) is -0.317. The smallest absolute Gasteiger partial charge is 0.337 e. The van der Waals surface area contributed by atoms with E-state index in [-0.39, 0.29) is 11.9 Å². The molecule has 2 aromatic heterocycles. The molecule has 132 valence electrons. The van der Waals surface area contributed by atoms with Gasteiger partial charge in [0.2, 0.25) is 5.91 Å². The summed E-state index contributed by atoms with van der Waals surface area (Å²) >= 11 is 0. The number of ether oxygens (including phenoxy) is 1. The molecule has 26 heavy (non-hydrogen) atoms. The Morgan fingerprint density at radius 2 is 2.04 bits per heavy atom. The van der Waals surface area contributed by atoms with Crippen LogP contribution in [0.25, 0.3) is 11.0 Å². The highest BCUT2D eigenvalue weighted by Gasteiger charge is 2.23. The Hall–Kier alpha value is -3.22. The lowest BCUT2D eigenvalue weighted by Crippen LogP contribution is -2.37. The number of aromatic nitrogens is 3. The highest BCUT2D eigenvalue weighted by Crippen LogP contribution is 2.25. The van der Waals surface area contributed by atoms with E-state index in [1.54, 1.807) is 30.5 Å². The van der Waals surface area contributed by atoms with Gasteiger partial charge in [-0.25, -0.2) is 9.78 Å². The quantitative estimate of drug-likeness (QED) is 0.729. The second-order valence-electron chi connectivity index (χ2n) is 6.32. The fourth-order valence-electron chi connectivity index (χ4n) is 3.33. The van der Waals surface area contributed by atoms with Gasteiger partial charge in [0.1, 0.15) is 0 Å². The van der Waals surface area contributed by atoms with Crippen LogP contribution < -0.4 is 0 Å². The van der Waals surface area contributed by atoms with Crippen molar-refractivity contribution in [3.05, 3.63) is 58.9 Å². The van der Waals surface area contributed by atoms with Gasteiger partial charge in [-0.2, -0.15) is 5.10 Å². The molecule has 0 saturated carbocycles. The van der Waals surface area contributed by atoms with Gasteiger partial charge in [0.25, 0.3) is 0 Å². The van der Waals surface area contributed by atoms with Crippen molar-refractivity contribution in [2.45, 2.75) is 19.4 Å². The van der Waals surface area contributed by atoms with Crippen LogP contribution in [0.15, 0.2) is 36.7 Å². The number of pyridine rings is 1. The molecule has 0 radical (unpaired) electrons. The molecule has 0 bridgehead atoms. The number of nitrogens with one attached hydrogen (secondary N) is 1. The lowest BCUT2D eigenvalue weighted by molar-refractivity contribution is -0.131. The summed E-state index contributed by atoms with van der Waals surface area (Å²) in [5.41, 5.74) is 4.42. The number of amides is 1. The molecule has 0 atom stereocenters. The molecule has 3 heterocycles. The summed E-state index contributed by atoms with van der Waals surface area (Å²) in [6.45, 7) is 1.24. The maximum absolute atomic E-state index is 12.7. The first-order valence-corrected chi connectivity index (χ1v) is 8.40. The Labute approximate surface area is 150 Å². The Kier molecular flexibility index (Phi) is 4.12. The first kappa shape index (κ1) is 16.3. The molecule has 3 aromatic rings. The molecule has 7 nitrogen and oxygen atoms in total. The Morgan fingerprint density at radius 3 is 2.81 bits per heavy atom. The van der Waals surface area contributed by atoms with E-state index in [1.165, 1.54) is 12.7 Å². The van der Waals surface area contributed by atoms with Gasteiger partial charge in [-0.05, 0) is 35.2 Å². The van der Waals surface area contributed by atoms with Crippen molar-refractivity contribution in [1.82, 2.24) is 20.1 Å². The summed E-state index contributed by atoms with van der Waals surface area (Å²) < 4.78 is 4.68. The molecule has 1 N–H and O–H groups in total. The topological polar surface area (TPSA) is 88.2 Å². The van der Waals surface area contributed by atoms with Crippen LogP contribution in [0.2, 0.25) is 0 Å². The van der Waals surface area contributed by atoms with Gasteiger partial charge >= 0.3 is 5.97 Å². The zero-order valence-corrected chi connectivity index (χ0v) is 14.4. The van der Waals surface area contributed by atoms with Crippen molar-refractivity contribution < 1.29 is 14.3 Å². The van der Waals surface area contributed by atoms with Gasteiger partial charge in [-0.15, -0.1) is 0 Å². The number of H-pyrrole nitrogens is 1. The van der Waals surface area contributed by atoms with Crippen molar-refractivity contribution in [2.24, 2.45) is 0 Å². The third kappa shape index (κ3) is 2.92. The zero-order valence-electron chi connectivity index (χ0n) is 14.4. The predicted molar refractivity (Wildman–Crippen MR) is 94.5 cm³/mol. The van der Waals surface area contributed by atoms with E-state index in [4.69, 9.17) is 0 Å². The lowest BCUT2D eigenvalue weighted by atomic mass is 9.98. The summed E-state index contributed by atoms with van der Waals surface area (Å²) in [6, 6.07) is 6.94. The third-order valence-corrected chi connectivity index (χ3v) is 4.76. The fourth-order valence-corrected chi connectivity index (χ4v) is 3.33. The van der Waals surface area contributed by atoms with Gasteiger partial charge in [0.05, 0.1) is 25.3 Å². The second-order valence-corrected chi connectivity index (χ2v) is 6.32. The van der Waals surface area contributed by atoms with E-state index in [1.807, 2.05) is 11.1 Å². The molecule has 0 unspecified atom stereocenters. The van der Waals surface area contributed by atoms with E-state index < -0.39 is 0 Å². The average molecular weight is 350 g/mol. The number of esters is 1. The number of hydrogen-bond donors (Lipinski definition) is 1. The molecular formula is C19H18N4O3. The number of fused-ring (bicyclic) bond motifs is 3. The number of carbonyl (C=O) groups excluding carboxylic acids is 2. The zero-order chi connectivity index (χ0) is 18.1. The van der Waals surface area contributed by atoms with E-state index >= 15 is 0 Å². The van der Waals surface area contributed by atoms with E-state index in [9.17, 15) is 9.59 Å². The Morgan fingerprint density at radius 1 is 1.23 bits per heavy atom. The normalized spacial score (nSPS) is 13.5. The minimum Gasteiger partial charge on any atom is -0.465 e. The van der Waals surface area contributed by atoms with E-state index in [0.29, 0.717) is 25.1 Å². The van der Waals surface area contributed by atoms with Crippen molar-refractivity contribution in [3.63, 3.8) is 0 Å². The lowest BCUT2D eigenvalue weighted by Gasteiger charge is -2.29. The van der Waals surface area contributed by atoms with Crippen LogP contribution in [0.3, 0.4) is 0 Å². The van der Waals surface area contributed by atoms with Crippen LogP contribution in [-0.2, 0) is 28.9 Å². The standard InChI is InChI=1S/C19H18N4O3/c1-26-19(25)13-4-2-12(3-5-13)8-17(24)23-7-6-15-14(11-23)9-20-18-16(15)10-21-22-18/h2-5,9-10H,6-8,11H2,1H3,(H,20,21,22). The Bertz CT molecular complexity index is 978. The second kappa shape index (κ2) is 6.59. The molecular weight excluding hydrogens is 332 g/mol. The van der Waals surface area contributed by atoms with Gasteiger partial charge in [0.15, 0.2) is 5.65 Å². The summed E-state index contributed by atoms with van der Waals surface area (Å²) in [4.78, 5) is 30.4. The number of hydrogen-bond acceptors (Lipinski definition) is 5.